The number of aromatic amines is 1. The van der Waals surface area contributed by atoms with E-state index >= 15 is 0 Å². The van der Waals surface area contributed by atoms with Gasteiger partial charge in [-0.2, -0.15) is 0 Å². The van der Waals surface area contributed by atoms with E-state index in [1.54, 1.807) is 0 Å². The highest BCUT2D eigenvalue weighted by molar-refractivity contribution is 5.81. The lowest BCUT2D eigenvalue weighted by Gasteiger charge is -2.25. The Morgan fingerprint density at radius 3 is 2.57 bits per heavy atom. The van der Waals surface area contributed by atoms with Crippen LogP contribution in [0.5, 0.6) is 0 Å². The highest BCUT2D eigenvalue weighted by Crippen LogP contribution is 2.14. The van der Waals surface area contributed by atoms with Crippen molar-refractivity contribution in [1.29, 1.82) is 0 Å². The van der Waals surface area contributed by atoms with Gasteiger partial charge in [-0.15, -0.1) is 0 Å². The Balaban J connectivity index is 1.41. The Morgan fingerprint density at radius 1 is 1.07 bits per heavy atom. The molecular formula is C23H31N5. The summed E-state index contributed by atoms with van der Waals surface area (Å²) in [5, 5.41) is 8.04. The number of fused-ring (bicyclic) bond motifs is 1. The maximum atomic E-state index is 4.33. The average Bonchev–Trinajstić information content (AvgIpc) is 3.14. The summed E-state index contributed by atoms with van der Waals surface area (Å²) in [7, 11) is 3.99. The molecule has 3 rings (SSSR count). The number of nitrogens with zero attached hydrogens (tertiary/aromatic N) is 2. The van der Waals surface area contributed by atoms with Crippen LogP contribution in [-0.4, -0.2) is 42.5 Å². The summed E-state index contributed by atoms with van der Waals surface area (Å²) in [4.78, 5) is 10.2. The number of H-pyrrole nitrogens is 1. The number of rotatable bonds is 8. The number of para-hydroxylation sites is 1. The van der Waals surface area contributed by atoms with Crippen molar-refractivity contribution < 1.29 is 0 Å². The molecule has 0 aliphatic rings. The summed E-state index contributed by atoms with van der Waals surface area (Å²) < 4.78 is 0. The number of guanidine groups is 1. The molecule has 0 saturated carbocycles. The molecule has 0 radical (unpaired) electrons. The van der Waals surface area contributed by atoms with Crippen LogP contribution in [0.3, 0.4) is 0 Å². The van der Waals surface area contributed by atoms with Crippen LogP contribution in [0.15, 0.2) is 65.7 Å². The zero-order chi connectivity index (χ0) is 19.8. The van der Waals surface area contributed by atoms with Crippen molar-refractivity contribution in [1.82, 2.24) is 20.5 Å². The maximum Gasteiger partial charge on any atom is 0.191 e. The molecule has 28 heavy (non-hydrogen) atoms. The summed E-state index contributed by atoms with van der Waals surface area (Å²) in [6.45, 7) is 4.84. The Hall–Kier alpha value is -2.79. The lowest BCUT2D eigenvalue weighted by molar-refractivity contribution is 0.238. The first-order valence-electron chi connectivity index (χ1n) is 9.91. The summed E-state index contributed by atoms with van der Waals surface area (Å²) in [6.07, 6.45) is 1.05. The molecule has 0 fully saturated rings. The highest BCUT2D eigenvalue weighted by atomic mass is 15.2. The number of aliphatic imine (C=N–C) groups is 1. The SMILES string of the molecule is CN=C(NCCC(C)N(C)Cc1ccccc1)NCc1cc2ccccc2[nH]1. The molecule has 0 spiro atoms. The normalized spacial score (nSPS) is 13.1. The van der Waals surface area contributed by atoms with Crippen LogP contribution < -0.4 is 10.6 Å². The van der Waals surface area contributed by atoms with E-state index in [0.29, 0.717) is 6.04 Å². The monoisotopic (exact) mass is 377 g/mol. The summed E-state index contributed by atoms with van der Waals surface area (Å²) in [6, 6.07) is 21.6. The molecule has 3 aromatic rings. The molecule has 1 unspecified atom stereocenters. The minimum atomic E-state index is 0.486. The molecule has 3 N–H and O–H groups in total. The Kier molecular flexibility index (Phi) is 7.09. The minimum absolute atomic E-state index is 0.486. The molecular weight excluding hydrogens is 346 g/mol. The van der Waals surface area contributed by atoms with Gasteiger partial charge in [0, 0.05) is 37.4 Å². The predicted molar refractivity (Wildman–Crippen MR) is 118 cm³/mol. The molecule has 2 aromatic carbocycles. The first-order valence-corrected chi connectivity index (χ1v) is 9.91. The number of aromatic nitrogens is 1. The van der Waals surface area contributed by atoms with Gasteiger partial charge < -0.3 is 15.6 Å². The van der Waals surface area contributed by atoms with Crippen molar-refractivity contribution in [2.24, 2.45) is 4.99 Å². The van der Waals surface area contributed by atoms with Crippen LogP contribution in [0.2, 0.25) is 0 Å². The van der Waals surface area contributed by atoms with Gasteiger partial charge in [-0.3, -0.25) is 9.89 Å². The quantitative estimate of drug-likeness (QED) is 0.414. The predicted octanol–water partition coefficient (Wildman–Crippen LogP) is 3.74. The fourth-order valence-electron chi connectivity index (χ4n) is 3.28. The van der Waals surface area contributed by atoms with Gasteiger partial charge in [0.25, 0.3) is 0 Å². The van der Waals surface area contributed by atoms with E-state index in [2.05, 4.69) is 94.1 Å². The molecule has 148 valence electrons. The molecule has 0 aliphatic carbocycles. The third-order valence-corrected chi connectivity index (χ3v) is 5.14. The van der Waals surface area contributed by atoms with Crippen molar-refractivity contribution in [3.05, 3.63) is 71.9 Å². The van der Waals surface area contributed by atoms with Gasteiger partial charge in [-0.05, 0) is 43.5 Å². The third kappa shape index (κ3) is 5.60. The van der Waals surface area contributed by atoms with Crippen molar-refractivity contribution in [2.75, 3.05) is 20.6 Å². The Labute approximate surface area is 167 Å². The molecule has 0 aliphatic heterocycles. The standard InChI is InChI=1S/C23H31N5/c1-18(28(3)17-19-9-5-4-6-10-19)13-14-25-23(24-2)26-16-21-15-20-11-7-8-12-22(20)27-21/h4-12,15,18,27H,13-14,16-17H2,1-3H3,(H2,24,25,26). The van der Waals surface area contributed by atoms with Gasteiger partial charge in [0.15, 0.2) is 5.96 Å². The van der Waals surface area contributed by atoms with Crippen LogP contribution >= 0.6 is 0 Å². The highest BCUT2D eigenvalue weighted by Gasteiger charge is 2.10. The lowest BCUT2D eigenvalue weighted by atomic mass is 10.1. The van der Waals surface area contributed by atoms with Crippen LogP contribution in [0.25, 0.3) is 10.9 Å². The van der Waals surface area contributed by atoms with Gasteiger partial charge >= 0.3 is 0 Å². The lowest BCUT2D eigenvalue weighted by Crippen LogP contribution is -2.39. The van der Waals surface area contributed by atoms with Crippen LogP contribution in [0.1, 0.15) is 24.6 Å². The fraction of sp³-hybridized carbons (Fsp3) is 0.348. The summed E-state index contributed by atoms with van der Waals surface area (Å²) in [5.74, 6) is 0.830. The van der Waals surface area contributed by atoms with Gasteiger partial charge in [-0.1, -0.05) is 48.5 Å². The average molecular weight is 378 g/mol. The minimum Gasteiger partial charge on any atom is -0.357 e. The Morgan fingerprint density at radius 2 is 1.82 bits per heavy atom. The molecule has 1 atom stereocenters. The maximum absolute atomic E-state index is 4.33. The molecule has 0 amide bonds. The number of nitrogens with one attached hydrogen (secondary N) is 3. The molecule has 5 heteroatoms. The largest absolute Gasteiger partial charge is 0.357 e. The second kappa shape index (κ2) is 9.95. The van der Waals surface area contributed by atoms with Gasteiger partial charge in [-0.25, -0.2) is 0 Å². The van der Waals surface area contributed by atoms with Crippen molar-refractivity contribution in [3.63, 3.8) is 0 Å². The molecule has 1 aromatic heterocycles. The summed E-state index contributed by atoms with van der Waals surface area (Å²) in [5.41, 5.74) is 3.67. The second-order valence-corrected chi connectivity index (χ2v) is 7.27. The van der Waals surface area contributed by atoms with Gasteiger partial charge in [0.2, 0.25) is 0 Å². The molecule has 0 saturated heterocycles. The van der Waals surface area contributed by atoms with Crippen LogP contribution in [0.4, 0.5) is 0 Å². The second-order valence-electron chi connectivity index (χ2n) is 7.27. The summed E-state index contributed by atoms with van der Waals surface area (Å²) >= 11 is 0. The van der Waals surface area contributed by atoms with E-state index in [0.717, 1.165) is 43.2 Å². The smallest absolute Gasteiger partial charge is 0.191 e. The number of hydrogen-bond donors (Lipinski definition) is 3. The van der Waals surface area contributed by atoms with E-state index < -0.39 is 0 Å². The number of benzene rings is 2. The Bertz CT molecular complexity index is 851. The van der Waals surface area contributed by atoms with Gasteiger partial charge in [0.1, 0.15) is 0 Å². The third-order valence-electron chi connectivity index (χ3n) is 5.14. The molecule has 0 bridgehead atoms. The van der Waals surface area contributed by atoms with Crippen LogP contribution in [0, 0.1) is 0 Å². The van der Waals surface area contributed by atoms with Crippen LogP contribution in [-0.2, 0) is 13.1 Å². The first kappa shape index (κ1) is 20.0. The zero-order valence-corrected chi connectivity index (χ0v) is 17.1. The zero-order valence-electron chi connectivity index (χ0n) is 17.1. The van der Waals surface area contributed by atoms with Crippen molar-refractivity contribution >= 4 is 16.9 Å². The molecule has 5 nitrogen and oxygen atoms in total. The topological polar surface area (TPSA) is 55.5 Å². The van der Waals surface area contributed by atoms with Gasteiger partial charge in [0.05, 0.1) is 6.54 Å². The first-order chi connectivity index (χ1) is 13.7. The van der Waals surface area contributed by atoms with E-state index in [-0.39, 0.29) is 0 Å². The van der Waals surface area contributed by atoms with E-state index in [4.69, 9.17) is 0 Å². The fourth-order valence-corrected chi connectivity index (χ4v) is 3.28. The van der Waals surface area contributed by atoms with Crippen molar-refractivity contribution in [3.8, 4) is 0 Å². The number of hydrogen-bond acceptors (Lipinski definition) is 2. The van der Waals surface area contributed by atoms with Crippen molar-refractivity contribution in [2.45, 2.75) is 32.5 Å². The van der Waals surface area contributed by atoms with E-state index in [9.17, 15) is 0 Å². The molecule has 1 heterocycles. The van der Waals surface area contributed by atoms with E-state index in [1.807, 2.05) is 13.1 Å². The van der Waals surface area contributed by atoms with E-state index in [1.165, 1.54) is 10.9 Å².